The first-order valence-corrected chi connectivity index (χ1v) is 8.59. The fourth-order valence-electron chi connectivity index (χ4n) is 2.97. The van der Waals surface area contributed by atoms with Crippen molar-refractivity contribution in [3.05, 3.63) is 29.8 Å². The molecule has 19 heavy (non-hydrogen) atoms. The van der Waals surface area contributed by atoms with Crippen LogP contribution in [-0.4, -0.2) is 6.61 Å². The van der Waals surface area contributed by atoms with Crippen molar-refractivity contribution in [2.45, 2.75) is 56.7 Å². The fraction of sp³-hybridized carbons (Fsp3) is 0.647. The molecule has 1 atom stereocenters. The molecule has 1 aliphatic rings. The molecule has 0 radical (unpaired) electrons. The Kier molecular flexibility index (Phi) is 6.22. The van der Waals surface area contributed by atoms with Gasteiger partial charge in [0, 0.05) is 4.83 Å². The number of alkyl halides is 1. The lowest BCUT2D eigenvalue weighted by atomic mass is 9.86. The van der Waals surface area contributed by atoms with E-state index < -0.39 is 0 Å². The smallest absolute Gasteiger partial charge is 0.119 e. The Bertz CT molecular complexity index is 352. The summed E-state index contributed by atoms with van der Waals surface area (Å²) < 4.78 is 5.51. The van der Waals surface area contributed by atoms with E-state index in [0.29, 0.717) is 4.83 Å². The Morgan fingerprint density at radius 1 is 1.05 bits per heavy atom. The molecule has 1 aromatic rings. The first-order valence-electron chi connectivity index (χ1n) is 7.68. The van der Waals surface area contributed by atoms with E-state index in [1.807, 2.05) is 6.92 Å². The summed E-state index contributed by atoms with van der Waals surface area (Å²) in [7, 11) is 0. The number of benzene rings is 1. The number of hydrogen-bond donors (Lipinski definition) is 0. The van der Waals surface area contributed by atoms with Gasteiger partial charge in [0.15, 0.2) is 0 Å². The highest BCUT2D eigenvalue weighted by atomic mass is 79.9. The third-order valence-electron chi connectivity index (χ3n) is 4.07. The summed E-state index contributed by atoms with van der Waals surface area (Å²) >= 11 is 3.93. The summed E-state index contributed by atoms with van der Waals surface area (Å²) in [6.07, 6.45) is 9.78. The highest BCUT2D eigenvalue weighted by molar-refractivity contribution is 9.09. The third kappa shape index (κ3) is 4.52. The van der Waals surface area contributed by atoms with E-state index in [4.69, 9.17) is 4.74 Å². The van der Waals surface area contributed by atoms with E-state index in [1.165, 1.54) is 50.5 Å². The second-order valence-corrected chi connectivity index (χ2v) is 6.50. The summed E-state index contributed by atoms with van der Waals surface area (Å²) in [5.74, 6) is 1.77. The molecule has 0 bridgehead atoms. The maximum absolute atomic E-state index is 5.51. The Hall–Kier alpha value is -0.500. The molecule has 106 valence electrons. The first-order chi connectivity index (χ1) is 9.31. The molecule has 0 saturated heterocycles. The second kappa shape index (κ2) is 7.94. The van der Waals surface area contributed by atoms with Crippen LogP contribution in [0.4, 0.5) is 0 Å². The number of rotatable bonds is 4. The van der Waals surface area contributed by atoms with Gasteiger partial charge < -0.3 is 4.74 Å². The average molecular weight is 325 g/mol. The van der Waals surface area contributed by atoms with Crippen molar-refractivity contribution < 1.29 is 4.74 Å². The van der Waals surface area contributed by atoms with Crippen molar-refractivity contribution in [3.63, 3.8) is 0 Å². The number of halogens is 1. The lowest BCUT2D eigenvalue weighted by molar-refractivity contribution is 0.339. The lowest BCUT2D eigenvalue weighted by Crippen LogP contribution is -2.10. The maximum Gasteiger partial charge on any atom is 0.119 e. The Morgan fingerprint density at radius 2 is 1.63 bits per heavy atom. The minimum absolute atomic E-state index is 0.501. The summed E-state index contributed by atoms with van der Waals surface area (Å²) in [6, 6.07) is 8.61. The standard InChI is InChI=1S/C17H25BrO/c1-2-19-16-12-10-15(11-13-16)17(18)14-8-6-4-3-5-7-9-14/h10-14,17H,2-9H2,1H3. The van der Waals surface area contributed by atoms with Crippen LogP contribution in [0.2, 0.25) is 0 Å². The SMILES string of the molecule is CCOc1ccc(C(Br)C2CCCCCCC2)cc1. The van der Waals surface area contributed by atoms with Crippen LogP contribution >= 0.6 is 15.9 Å². The summed E-state index contributed by atoms with van der Waals surface area (Å²) in [5.41, 5.74) is 1.40. The number of hydrogen-bond acceptors (Lipinski definition) is 1. The zero-order valence-electron chi connectivity index (χ0n) is 11.9. The topological polar surface area (TPSA) is 9.23 Å². The molecule has 0 heterocycles. The molecule has 2 rings (SSSR count). The van der Waals surface area contributed by atoms with Crippen molar-refractivity contribution in [1.82, 2.24) is 0 Å². The molecular formula is C17H25BrO. The van der Waals surface area contributed by atoms with E-state index >= 15 is 0 Å². The van der Waals surface area contributed by atoms with Gasteiger partial charge in [-0.05, 0) is 43.4 Å². The second-order valence-electron chi connectivity index (χ2n) is 5.51. The number of ether oxygens (including phenoxy) is 1. The van der Waals surface area contributed by atoms with Crippen LogP contribution in [0.15, 0.2) is 24.3 Å². The van der Waals surface area contributed by atoms with Crippen molar-refractivity contribution >= 4 is 15.9 Å². The molecule has 1 aliphatic carbocycles. The Labute approximate surface area is 125 Å². The molecule has 1 fully saturated rings. The normalized spacial score (nSPS) is 19.5. The largest absolute Gasteiger partial charge is 0.494 e. The minimum Gasteiger partial charge on any atom is -0.494 e. The zero-order chi connectivity index (χ0) is 13.5. The van der Waals surface area contributed by atoms with Gasteiger partial charge in [-0.25, -0.2) is 0 Å². The molecule has 1 unspecified atom stereocenters. The minimum atomic E-state index is 0.501. The molecule has 0 aromatic heterocycles. The molecule has 1 saturated carbocycles. The monoisotopic (exact) mass is 324 g/mol. The molecular weight excluding hydrogens is 300 g/mol. The van der Waals surface area contributed by atoms with E-state index in [0.717, 1.165) is 18.3 Å². The van der Waals surface area contributed by atoms with Gasteiger partial charge in [0.1, 0.15) is 5.75 Å². The van der Waals surface area contributed by atoms with Gasteiger partial charge in [0.2, 0.25) is 0 Å². The molecule has 0 amide bonds. The van der Waals surface area contributed by atoms with Crippen LogP contribution in [0.5, 0.6) is 5.75 Å². The zero-order valence-corrected chi connectivity index (χ0v) is 13.5. The van der Waals surface area contributed by atoms with E-state index in [1.54, 1.807) is 0 Å². The van der Waals surface area contributed by atoms with Crippen LogP contribution in [0.1, 0.15) is 62.3 Å². The van der Waals surface area contributed by atoms with Gasteiger partial charge in [-0.2, -0.15) is 0 Å². The average Bonchev–Trinajstić information content (AvgIpc) is 2.39. The quantitative estimate of drug-likeness (QED) is 0.628. The molecule has 2 heteroatoms. The van der Waals surface area contributed by atoms with Gasteiger partial charge >= 0.3 is 0 Å². The molecule has 0 spiro atoms. The molecule has 0 aliphatic heterocycles. The van der Waals surface area contributed by atoms with Gasteiger partial charge in [-0.15, -0.1) is 0 Å². The molecule has 1 nitrogen and oxygen atoms in total. The van der Waals surface area contributed by atoms with Crippen LogP contribution in [0, 0.1) is 5.92 Å². The summed E-state index contributed by atoms with van der Waals surface area (Å²) in [4.78, 5) is 0.501. The van der Waals surface area contributed by atoms with Crippen LogP contribution in [0.25, 0.3) is 0 Å². The highest BCUT2D eigenvalue weighted by Gasteiger charge is 2.21. The first kappa shape index (κ1) is 14.9. The lowest BCUT2D eigenvalue weighted by Gasteiger charge is -2.25. The van der Waals surface area contributed by atoms with Gasteiger partial charge in [0.25, 0.3) is 0 Å². The van der Waals surface area contributed by atoms with Crippen LogP contribution in [-0.2, 0) is 0 Å². The summed E-state index contributed by atoms with van der Waals surface area (Å²) in [5, 5.41) is 0. The highest BCUT2D eigenvalue weighted by Crippen LogP contribution is 2.39. The maximum atomic E-state index is 5.51. The molecule has 0 N–H and O–H groups in total. The predicted molar refractivity (Wildman–Crippen MR) is 85.1 cm³/mol. The van der Waals surface area contributed by atoms with E-state index in [2.05, 4.69) is 40.2 Å². The molecule has 1 aromatic carbocycles. The van der Waals surface area contributed by atoms with Gasteiger partial charge in [-0.1, -0.05) is 60.2 Å². The van der Waals surface area contributed by atoms with Crippen LogP contribution in [0.3, 0.4) is 0 Å². The van der Waals surface area contributed by atoms with Gasteiger partial charge in [-0.3, -0.25) is 0 Å². The predicted octanol–water partition coefficient (Wildman–Crippen LogP) is 5.88. The van der Waals surface area contributed by atoms with Crippen molar-refractivity contribution in [3.8, 4) is 5.75 Å². The van der Waals surface area contributed by atoms with Gasteiger partial charge in [0.05, 0.1) is 6.61 Å². The van der Waals surface area contributed by atoms with Crippen molar-refractivity contribution in [2.75, 3.05) is 6.61 Å². The van der Waals surface area contributed by atoms with Crippen molar-refractivity contribution in [2.24, 2.45) is 5.92 Å². The van der Waals surface area contributed by atoms with Crippen LogP contribution < -0.4 is 4.74 Å². The van der Waals surface area contributed by atoms with E-state index in [9.17, 15) is 0 Å². The Morgan fingerprint density at radius 3 is 2.21 bits per heavy atom. The Balaban J connectivity index is 1.98. The fourth-order valence-corrected chi connectivity index (χ4v) is 3.80. The third-order valence-corrected chi connectivity index (χ3v) is 5.35. The van der Waals surface area contributed by atoms with E-state index in [-0.39, 0.29) is 0 Å². The van der Waals surface area contributed by atoms with Crippen molar-refractivity contribution in [1.29, 1.82) is 0 Å². The summed E-state index contributed by atoms with van der Waals surface area (Å²) in [6.45, 7) is 2.76.